The quantitative estimate of drug-likeness (QED) is 0.756. The molecule has 3 heteroatoms. The van der Waals surface area contributed by atoms with Crippen LogP contribution >= 0.6 is 27.5 Å². The van der Waals surface area contributed by atoms with E-state index in [0.29, 0.717) is 5.02 Å². The summed E-state index contributed by atoms with van der Waals surface area (Å²) in [7, 11) is 0. The molecule has 1 aromatic heterocycles. The number of rotatable bonds is 1. The first-order chi connectivity index (χ1) is 6.77. The van der Waals surface area contributed by atoms with Crippen LogP contribution in [-0.4, -0.2) is 4.98 Å². The third-order valence-corrected chi connectivity index (χ3v) is 2.69. The van der Waals surface area contributed by atoms with E-state index in [1.807, 2.05) is 36.4 Å². The van der Waals surface area contributed by atoms with Gasteiger partial charge in [-0.3, -0.25) is 4.98 Å². The van der Waals surface area contributed by atoms with Crippen LogP contribution < -0.4 is 0 Å². The van der Waals surface area contributed by atoms with E-state index in [-0.39, 0.29) is 0 Å². The highest BCUT2D eigenvalue weighted by Crippen LogP contribution is 2.28. The van der Waals surface area contributed by atoms with Crippen molar-refractivity contribution in [1.82, 2.24) is 4.98 Å². The van der Waals surface area contributed by atoms with E-state index in [1.54, 1.807) is 6.20 Å². The van der Waals surface area contributed by atoms with Crippen molar-refractivity contribution in [2.75, 3.05) is 0 Å². The fourth-order valence-electron chi connectivity index (χ4n) is 1.22. The van der Waals surface area contributed by atoms with Crippen LogP contribution in [0.15, 0.2) is 47.1 Å². The molecule has 0 fully saturated rings. The molecule has 0 bridgehead atoms. The average molecular weight is 269 g/mol. The Labute approximate surface area is 95.9 Å². The van der Waals surface area contributed by atoms with Crippen LogP contribution in [0.3, 0.4) is 0 Å². The second-order valence-electron chi connectivity index (χ2n) is 2.84. The summed E-state index contributed by atoms with van der Waals surface area (Å²) in [6, 6.07) is 11.5. The molecule has 0 aliphatic heterocycles. The minimum absolute atomic E-state index is 0.715. The highest BCUT2D eigenvalue weighted by atomic mass is 79.9. The maximum absolute atomic E-state index is 6.07. The minimum atomic E-state index is 0.715. The molecule has 2 aromatic rings. The second-order valence-corrected chi connectivity index (χ2v) is 4.16. The van der Waals surface area contributed by atoms with E-state index in [2.05, 4.69) is 20.9 Å². The van der Waals surface area contributed by atoms with Crippen molar-refractivity contribution in [1.29, 1.82) is 0 Å². The Bertz CT molecular complexity index is 442. The van der Waals surface area contributed by atoms with Gasteiger partial charge in [-0.25, -0.2) is 0 Å². The van der Waals surface area contributed by atoms with Crippen LogP contribution in [0.4, 0.5) is 0 Å². The van der Waals surface area contributed by atoms with E-state index in [4.69, 9.17) is 11.6 Å². The molecule has 1 aromatic carbocycles. The monoisotopic (exact) mass is 267 g/mol. The molecule has 1 nitrogen and oxygen atoms in total. The lowest BCUT2D eigenvalue weighted by atomic mass is 10.1. The lowest BCUT2D eigenvalue weighted by molar-refractivity contribution is 1.32. The molecule has 70 valence electrons. The summed E-state index contributed by atoms with van der Waals surface area (Å²) in [4.78, 5) is 4.25. The van der Waals surface area contributed by atoms with Crippen molar-refractivity contribution in [2.45, 2.75) is 0 Å². The standard InChI is InChI=1S/C11H7BrClN/c12-8-4-5-10(13)9(7-8)11-3-1-2-6-14-11/h1-7H. The van der Waals surface area contributed by atoms with Crippen molar-refractivity contribution in [2.24, 2.45) is 0 Å². The zero-order valence-corrected chi connectivity index (χ0v) is 9.59. The SMILES string of the molecule is Clc1ccc(Br)cc1-c1ccccn1. The first-order valence-corrected chi connectivity index (χ1v) is 5.31. The molecule has 0 saturated heterocycles. The molecule has 0 N–H and O–H groups in total. The summed E-state index contributed by atoms with van der Waals surface area (Å²) < 4.78 is 1.00. The third kappa shape index (κ3) is 1.97. The minimum Gasteiger partial charge on any atom is -0.256 e. The maximum Gasteiger partial charge on any atom is 0.0717 e. The summed E-state index contributed by atoms with van der Waals surface area (Å²) in [6.07, 6.45) is 1.76. The van der Waals surface area contributed by atoms with Crippen molar-refractivity contribution in [3.63, 3.8) is 0 Å². The number of pyridine rings is 1. The van der Waals surface area contributed by atoms with Crippen molar-refractivity contribution < 1.29 is 0 Å². The van der Waals surface area contributed by atoms with Gasteiger partial charge in [-0.15, -0.1) is 0 Å². The van der Waals surface area contributed by atoms with E-state index >= 15 is 0 Å². The fourth-order valence-corrected chi connectivity index (χ4v) is 1.79. The fraction of sp³-hybridized carbons (Fsp3) is 0. The van der Waals surface area contributed by atoms with E-state index < -0.39 is 0 Å². The summed E-state index contributed by atoms with van der Waals surface area (Å²) in [5.41, 5.74) is 1.83. The first kappa shape index (κ1) is 9.69. The van der Waals surface area contributed by atoms with Gasteiger partial charge < -0.3 is 0 Å². The summed E-state index contributed by atoms with van der Waals surface area (Å²) >= 11 is 9.48. The van der Waals surface area contributed by atoms with Crippen molar-refractivity contribution in [3.8, 4) is 11.3 Å². The van der Waals surface area contributed by atoms with Gasteiger partial charge in [-0.05, 0) is 30.3 Å². The van der Waals surface area contributed by atoms with Gasteiger partial charge in [-0.2, -0.15) is 0 Å². The van der Waals surface area contributed by atoms with Crippen LogP contribution in [-0.2, 0) is 0 Å². The zero-order chi connectivity index (χ0) is 9.97. The normalized spacial score (nSPS) is 10.1. The Morgan fingerprint density at radius 2 is 2.00 bits per heavy atom. The van der Waals surface area contributed by atoms with Crippen LogP contribution in [0.25, 0.3) is 11.3 Å². The van der Waals surface area contributed by atoms with Gasteiger partial charge in [0.2, 0.25) is 0 Å². The molecule has 2 rings (SSSR count). The van der Waals surface area contributed by atoms with Crippen molar-refractivity contribution in [3.05, 3.63) is 52.1 Å². The Balaban J connectivity index is 2.57. The molecule has 14 heavy (non-hydrogen) atoms. The number of benzene rings is 1. The Hall–Kier alpha value is -0.860. The Morgan fingerprint density at radius 3 is 2.71 bits per heavy atom. The number of nitrogens with zero attached hydrogens (tertiary/aromatic N) is 1. The second kappa shape index (κ2) is 4.11. The molecule has 0 aliphatic rings. The predicted molar refractivity (Wildman–Crippen MR) is 62.4 cm³/mol. The van der Waals surface area contributed by atoms with Gasteiger partial charge >= 0.3 is 0 Å². The summed E-state index contributed by atoms with van der Waals surface area (Å²) in [6.45, 7) is 0. The molecule has 0 radical (unpaired) electrons. The number of hydrogen-bond donors (Lipinski definition) is 0. The van der Waals surface area contributed by atoms with E-state index in [1.165, 1.54) is 0 Å². The Morgan fingerprint density at radius 1 is 1.14 bits per heavy atom. The summed E-state index contributed by atoms with van der Waals surface area (Å²) in [5.74, 6) is 0. The van der Waals surface area contributed by atoms with Gasteiger partial charge in [0.15, 0.2) is 0 Å². The van der Waals surface area contributed by atoms with Gasteiger partial charge in [-0.1, -0.05) is 33.6 Å². The van der Waals surface area contributed by atoms with Gasteiger partial charge in [0.25, 0.3) is 0 Å². The average Bonchev–Trinajstić information content (AvgIpc) is 2.23. The molecular formula is C11H7BrClN. The zero-order valence-electron chi connectivity index (χ0n) is 7.24. The highest BCUT2D eigenvalue weighted by molar-refractivity contribution is 9.10. The molecule has 0 saturated carbocycles. The molecule has 0 atom stereocenters. The summed E-state index contributed by atoms with van der Waals surface area (Å²) in [5, 5.41) is 0.715. The topological polar surface area (TPSA) is 12.9 Å². The third-order valence-electron chi connectivity index (χ3n) is 1.87. The lowest BCUT2D eigenvalue weighted by Crippen LogP contribution is -1.83. The van der Waals surface area contributed by atoms with E-state index in [0.717, 1.165) is 15.7 Å². The number of halogens is 2. The molecule has 0 amide bonds. The van der Waals surface area contributed by atoms with Gasteiger partial charge in [0.05, 0.1) is 10.7 Å². The molecular weight excluding hydrogens is 261 g/mol. The van der Waals surface area contributed by atoms with Gasteiger partial charge in [0.1, 0.15) is 0 Å². The first-order valence-electron chi connectivity index (χ1n) is 4.14. The Kier molecular flexibility index (Phi) is 2.85. The number of hydrogen-bond acceptors (Lipinski definition) is 1. The molecule has 0 spiro atoms. The molecule has 0 unspecified atom stereocenters. The van der Waals surface area contributed by atoms with Crippen LogP contribution in [0.1, 0.15) is 0 Å². The smallest absolute Gasteiger partial charge is 0.0717 e. The predicted octanol–water partition coefficient (Wildman–Crippen LogP) is 4.16. The van der Waals surface area contributed by atoms with Crippen LogP contribution in [0.2, 0.25) is 5.02 Å². The number of aromatic nitrogens is 1. The van der Waals surface area contributed by atoms with E-state index in [9.17, 15) is 0 Å². The van der Waals surface area contributed by atoms with Crippen LogP contribution in [0, 0.1) is 0 Å². The highest BCUT2D eigenvalue weighted by Gasteiger charge is 2.03. The molecule has 1 heterocycles. The van der Waals surface area contributed by atoms with Crippen LogP contribution in [0.5, 0.6) is 0 Å². The lowest BCUT2D eigenvalue weighted by Gasteiger charge is -2.03. The largest absolute Gasteiger partial charge is 0.256 e. The maximum atomic E-state index is 6.07. The van der Waals surface area contributed by atoms with Crippen molar-refractivity contribution >= 4 is 27.5 Å². The van der Waals surface area contributed by atoms with Gasteiger partial charge in [0, 0.05) is 16.2 Å². The molecule has 0 aliphatic carbocycles.